The quantitative estimate of drug-likeness (QED) is 0.758. The maximum atomic E-state index is 12.5. The highest BCUT2D eigenvalue weighted by atomic mass is 16.6. The van der Waals surface area contributed by atoms with Crippen LogP contribution in [0.3, 0.4) is 0 Å². The lowest BCUT2D eigenvalue weighted by molar-refractivity contribution is -0.122. The molecule has 1 saturated heterocycles. The molecule has 0 bridgehead atoms. The SMILES string of the molecule is CC(=O)c1cc(C(=O)N2C[C@@H]3C(C(=O)N(C)C)=NO[C@@H]3C2)[nH]n1. The molecule has 2 amide bonds. The third kappa shape index (κ3) is 2.58. The molecule has 2 atom stereocenters. The second kappa shape index (κ2) is 5.49. The Morgan fingerprint density at radius 1 is 1.35 bits per heavy atom. The largest absolute Gasteiger partial charge is 0.389 e. The molecule has 9 nitrogen and oxygen atoms in total. The van der Waals surface area contributed by atoms with E-state index in [0.29, 0.717) is 18.8 Å². The normalized spacial score (nSPS) is 22.4. The van der Waals surface area contributed by atoms with Crippen molar-refractivity contribution in [3.63, 3.8) is 0 Å². The van der Waals surface area contributed by atoms with Crippen LogP contribution in [-0.2, 0) is 9.63 Å². The Kier molecular flexibility index (Phi) is 3.63. The maximum Gasteiger partial charge on any atom is 0.272 e. The minimum absolute atomic E-state index is 0.215. The van der Waals surface area contributed by atoms with Gasteiger partial charge >= 0.3 is 0 Å². The van der Waals surface area contributed by atoms with E-state index in [-0.39, 0.29) is 41.0 Å². The lowest BCUT2D eigenvalue weighted by Crippen LogP contribution is -2.36. The molecule has 3 rings (SSSR count). The number of ketones is 1. The summed E-state index contributed by atoms with van der Waals surface area (Å²) in [5, 5.41) is 10.2. The highest BCUT2D eigenvalue weighted by Gasteiger charge is 2.46. The summed E-state index contributed by atoms with van der Waals surface area (Å²) in [4.78, 5) is 44.1. The number of aromatic amines is 1. The topological polar surface area (TPSA) is 108 Å². The molecule has 0 spiro atoms. The number of carbonyl (C=O) groups excluding carboxylic acids is 3. The Labute approximate surface area is 132 Å². The van der Waals surface area contributed by atoms with Gasteiger partial charge in [0, 0.05) is 27.6 Å². The molecule has 0 radical (unpaired) electrons. The number of fused-ring (bicyclic) bond motifs is 1. The Morgan fingerprint density at radius 3 is 2.70 bits per heavy atom. The first-order valence-corrected chi connectivity index (χ1v) is 7.19. The van der Waals surface area contributed by atoms with E-state index in [1.54, 1.807) is 19.0 Å². The highest BCUT2D eigenvalue weighted by Crippen LogP contribution is 2.28. The zero-order valence-corrected chi connectivity index (χ0v) is 13.1. The van der Waals surface area contributed by atoms with Crippen LogP contribution in [0.2, 0.25) is 0 Å². The molecule has 23 heavy (non-hydrogen) atoms. The third-order valence-corrected chi connectivity index (χ3v) is 3.99. The van der Waals surface area contributed by atoms with Crippen LogP contribution < -0.4 is 0 Å². The standard InChI is InChI=1S/C14H17N5O4/c1-7(20)9-4-10(16-15-9)13(21)19-5-8-11(6-19)23-17-12(8)14(22)18(2)3/h4,8,11H,5-6H2,1-3H3,(H,15,16)/t8-,11+/m0/s1. The summed E-state index contributed by atoms with van der Waals surface area (Å²) in [7, 11) is 3.29. The lowest BCUT2D eigenvalue weighted by atomic mass is 10.00. The number of amides is 2. The molecule has 1 aromatic heterocycles. The summed E-state index contributed by atoms with van der Waals surface area (Å²) < 4.78 is 0. The van der Waals surface area contributed by atoms with Gasteiger partial charge in [-0.3, -0.25) is 19.5 Å². The van der Waals surface area contributed by atoms with E-state index in [0.717, 1.165) is 0 Å². The second-order valence-corrected chi connectivity index (χ2v) is 5.86. The van der Waals surface area contributed by atoms with Crippen molar-refractivity contribution in [2.75, 3.05) is 27.2 Å². The summed E-state index contributed by atoms with van der Waals surface area (Å²) in [6, 6.07) is 1.43. The van der Waals surface area contributed by atoms with Gasteiger partial charge in [0.05, 0.1) is 12.5 Å². The van der Waals surface area contributed by atoms with Crippen LogP contribution in [0.15, 0.2) is 11.2 Å². The van der Waals surface area contributed by atoms with Gasteiger partial charge in [-0.05, 0) is 6.07 Å². The smallest absolute Gasteiger partial charge is 0.272 e. The Balaban J connectivity index is 1.72. The molecule has 2 aliphatic heterocycles. The van der Waals surface area contributed by atoms with Crippen LogP contribution in [0.4, 0.5) is 0 Å². The summed E-state index contributed by atoms with van der Waals surface area (Å²) in [5.74, 6) is -0.941. The van der Waals surface area contributed by atoms with Crippen molar-refractivity contribution in [2.45, 2.75) is 13.0 Å². The van der Waals surface area contributed by atoms with Crippen LogP contribution in [0.25, 0.3) is 0 Å². The first-order valence-electron chi connectivity index (χ1n) is 7.19. The average Bonchev–Trinajstić information content (AvgIpc) is 3.20. The number of nitrogens with one attached hydrogen (secondary N) is 1. The van der Waals surface area contributed by atoms with E-state index in [4.69, 9.17) is 4.84 Å². The molecule has 2 aliphatic rings. The summed E-state index contributed by atoms with van der Waals surface area (Å²) in [5.41, 5.74) is 0.797. The predicted molar refractivity (Wildman–Crippen MR) is 79.0 cm³/mol. The van der Waals surface area contributed by atoms with Gasteiger partial charge in [0.25, 0.3) is 11.8 Å². The molecule has 122 valence electrons. The van der Waals surface area contributed by atoms with Crippen LogP contribution in [0.5, 0.6) is 0 Å². The molecule has 1 fully saturated rings. The minimum Gasteiger partial charge on any atom is -0.389 e. The van der Waals surface area contributed by atoms with Gasteiger partial charge in [0.2, 0.25) is 0 Å². The number of nitrogens with zero attached hydrogens (tertiary/aromatic N) is 4. The van der Waals surface area contributed by atoms with E-state index in [1.165, 1.54) is 17.9 Å². The monoisotopic (exact) mass is 319 g/mol. The lowest BCUT2D eigenvalue weighted by Gasteiger charge is -2.16. The van der Waals surface area contributed by atoms with E-state index in [1.807, 2.05) is 0 Å². The molecular weight excluding hydrogens is 302 g/mol. The summed E-state index contributed by atoms with van der Waals surface area (Å²) in [6.07, 6.45) is -0.312. The fourth-order valence-electron chi connectivity index (χ4n) is 2.71. The number of Topliss-reactive ketones (excluding diaryl/α,β-unsaturated/α-hetero) is 1. The van der Waals surface area contributed by atoms with Crippen molar-refractivity contribution in [1.82, 2.24) is 20.0 Å². The number of rotatable bonds is 3. The van der Waals surface area contributed by atoms with Gasteiger partial charge in [0.1, 0.15) is 11.4 Å². The van der Waals surface area contributed by atoms with Crippen molar-refractivity contribution in [2.24, 2.45) is 11.1 Å². The number of oxime groups is 1. The number of likely N-dealkylation sites (tertiary alicyclic amines) is 1. The average molecular weight is 319 g/mol. The van der Waals surface area contributed by atoms with E-state index >= 15 is 0 Å². The van der Waals surface area contributed by atoms with Gasteiger partial charge in [-0.25, -0.2) is 0 Å². The van der Waals surface area contributed by atoms with Crippen molar-refractivity contribution >= 4 is 23.3 Å². The van der Waals surface area contributed by atoms with Crippen molar-refractivity contribution in [3.8, 4) is 0 Å². The molecule has 1 N–H and O–H groups in total. The molecule has 1 aromatic rings. The molecule has 0 aliphatic carbocycles. The molecule has 0 saturated carbocycles. The second-order valence-electron chi connectivity index (χ2n) is 5.86. The predicted octanol–water partition coefficient (Wildman–Crippen LogP) is -0.473. The third-order valence-electron chi connectivity index (χ3n) is 3.99. The highest BCUT2D eigenvalue weighted by molar-refractivity contribution is 6.40. The van der Waals surface area contributed by atoms with E-state index < -0.39 is 0 Å². The van der Waals surface area contributed by atoms with E-state index in [9.17, 15) is 14.4 Å². The number of carbonyl (C=O) groups is 3. The number of H-pyrrole nitrogens is 1. The summed E-state index contributed by atoms with van der Waals surface area (Å²) >= 11 is 0. The minimum atomic E-state index is -0.312. The van der Waals surface area contributed by atoms with Gasteiger partial charge < -0.3 is 14.6 Å². The van der Waals surface area contributed by atoms with Crippen molar-refractivity contribution in [1.29, 1.82) is 0 Å². The zero-order valence-electron chi connectivity index (χ0n) is 13.1. The summed E-state index contributed by atoms with van der Waals surface area (Å²) in [6.45, 7) is 2.07. The van der Waals surface area contributed by atoms with Crippen molar-refractivity contribution < 1.29 is 19.2 Å². The number of hydrogen-bond acceptors (Lipinski definition) is 6. The number of aromatic nitrogens is 2. The van der Waals surface area contributed by atoms with Crippen LogP contribution in [0, 0.1) is 5.92 Å². The van der Waals surface area contributed by atoms with Crippen LogP contribution in [-0.4, -0.2) is 76.6 Å². The number of hydrogen-bond donors (Lipinski definition) is 1. The first-order chi connectivity index (χ1) is 10.9. The molecule has 3 heterocycles. The Hall–Kier alpha value is -2.71. The van der Waals surface area contributed by atoms with Gasteiger partial charge in [-0.2, -0.15) is 5.10 Å². The maximum absolute atomic E-state index is 12.5. The van der Waals surface area contributed by atoms with Gasteiger partial charge in [-0.15, -0.1) is 0 Å². The van der Waals surface area contributed by atoms with Crippen molar-refractivity contribution in [3.05, 3.63) is 17.5 Å². The van der Waals surface area contributed by atoms with Crippen LogP contribution in [0.1, 0.15) is 27.9 Å². The molecular formula is C14H17N5O4. The van der Waals surface area contributed by atoms with Gasteiger partial charge in [0.15, 0.2) is 17.6 Å². The Bertz CT molecular complexity index is 708. The van der Waals surface area contributed by atoms with E-state index in [2.05, 4.69) is 15.4 Å². The molecule has 0 unspecified atom stereocenters. The van der Waals surface area contributed by atoms with Crippen LogP contribution >= 0.6 is 0 Å². The first kappa shape index (κ1) is 15.2. The fourth-order valence-corrected chi connectivity index (χ4v) is 2.71. The fraction of sp³-hybridized carbons (Fsp3) is 0.500. The zero-order chi connectivity index (χ0) is 16.7. The van der Waals surface area contributed by atoms with Gasteiger partial charge in [-0.1, -0.05) is 5.16 Å². The molecule has 0 aromatic carbocycles. The Morgan fingerprint density at radius 2 is 2.09 bits per heavy atom. The molecule has 9 heteroatoms.